The van der Waals surface area contributed by atoms with Gasteiger partial charge in [-0.3, -0.25) is 9.69 Å². The van der Waals surface area contributed by atoms with Gasteiger partial charge in [-0.15, -0.1) is 11.3 Å². The second kappa shape index (κ2) is 13.7. The van der Waals surface area contributed by atoms with Gasteiger partial charge < -0.3 is 25.0 Å². The average molecular weight is 713 g/mol. The lowest BCUT2D eigenvalue weighted by atomic mass is 9.94. The molecule has 3 aliphatic heterocycles. The van der Waals surface area contributed by atoms with E-state index >= 15 is 4.39 Å². The Kier molecular flexibility index (Phi) is 9.27. The predicted octanol–water partition coefficient (Wildman–Crippen LogP) is 5.56. The van der Waals surface area contributed by atoms with Gasteiger partial charge in [0, 0.05) is 49.5 Å². The number of rotatable bonds is 10. The minimum Gasteiger partial charge on any atom is -0.461 e. The summed E-state index contributed by atoms with van der Waals surface area (Å²) >= 11 is 0.985. The molecule has 0 radical (unpaired) electrons. The minimum absolute atomic E-state index is 0.0946. The molecule has 3 aliphatic rings. The second-order valence-electron chi connectivity index (χ2n) is 13.4. The second-order valence-corrected chi connectivity index (χ2v) is 14.4. The van der Waals surface area contributed by atoms with Gasteiger partial charge in [0.05, 0.1) is 51.6 Å². The number of carbonyl (C=O) groups is 1. The number of ether oxygens (including phenoxy) is 2. The van der Waals surface area contributed by atoms with Crippen LogP contribution in [0.3, 0.4) is 0 Å². The highest BCUT2D eigenvalue weighted by Crippen LogP contribution is 2.44. The topological polar surface area (TPSA) is 145 Å². The zero-order valence-corrected chi connectivity index (χ0v) is 29.3. The summed E-state index contributed by atoms with van der Waals surface area (Å²) in [5, 5.41) is 21.6. The number of likely N-dealkylation sites (N-methyl/N-ethyl adjacent to an activating group) is 1. The van der Waals surface area contributed by atoms with Crippen molar-refractivity contribution < 1.29 is 23.0 Å². The lowest BCUT2D eigenvalue weighted by Crippen LogP contribution is -2.49. The molecule has 11 nitrogen and oxygen atoms in total. The molecule has 5 heterocycles. The first kappa shape index (κ1) is 34.6. The van der Waals surface area contributed by atoms with E-state index in [2.05, 4.69) is 28.5 Å². The molecule has 2 N–H and O–H groups in total. The maximum absolute atomic E-state index is 15.0. The molecule has 0 aliphatic carbocycles. The van der Waals surface area contributed by atoms with E-state index in [1.54, 1.807) is 30.2 Å². The van der Waals surface area contributed by atoms with Crippen LogP contribution in [0, 0.1) is 28.5 Å². The number of aromatic nitrogens is 2. The summed E-state index contributed by atoms with van der Waals surface area (Å²) in [4.78, 5) is 28.7. The molecule has 2 aromatic carbocycles. The van der Waals surface area contributed by atoms with Gasteiger partial charge in [0.1, 0.15) is 35.5 Å². The van der Waals surface area contributed by atoms with Gasteiger partial charge in [0.15, 0.2) is 0 Å². The van der Waals surface area contributed by atoms with Crippen molar-refractivity contribution in [1.29, 1.82) is 10.5 Å². The van der Waals surface area contributed by atoms with E-state index in [0.717, 1.165) is 30.7 Å². The highest BCUT2D eigenvalue weighted by atomic mass is 32.1. The summed E-state index contributed by atoms with van der Waals surface area (Å²) in [5.74, 6) is -0.195. The van der Waals surface area contributed by atoms with Gasteiger partial charge in [-0.05, 0) is 62.6 Å². The fourth-order valence-electron chi connectivity index (χ4n) is 8.41. The molecule has 264 valence electrons. The molecule has 3 fully saturated rings. The number of nitrogen functional groups attached to an aromatic ring is 1. The predicted molar refractivity (Wildman–Crippen MR) is 192 cm³/mol. The lowest BCUT2D eigenvalue weighted by Gasteiger charge is -2.36. The summed E-state index contributed by atoms with van der Waals surface area (Å²) < 4.78 is 41.9. The van der Waals surface area contributed by atoms with Crippen LogP contribution in [-0.4, -0.2) is 96.0 Å². The van der Waals surface area contributed by atoms with Gasteiger partial charge in [-0.25, -0.2) is 8.78 Å². The third-order valence-electron chi connectivity index (χ3n) is 10.7. The van der Waals surface area contributed by atoms with Crippen molar-refractivity contribution in [2.24, 2.45) is 0 Å². The largest absolute Gasteiger partial charge is 0.461 e. The van der Waals surface area contributed by atoms with E-state index < -0.39 is 17.5 Å². The normalized spacial score (nSPS) is 23.0. The summed E-state index contributed by atoms with van der Waals surface area (Å²) in [7, 11) is 1.59. The Hall–Kier alpha value is -4.89. The van der Waals surface area contributed by atoms with Crippen LogP contribution in [0.2, 0.25) is 0 Å². The number of fused-ring (bicyclic) bond motifs is 3. The Balaban J connectivity index is 1.40. The van der Waals surface area contributed by atoms with E-state index in [-0.39, 0.29) is 58.0 Å². The maximum atomic E-state index is 15.0. The number of amides is 1. The molecule has 3 saturated heterocycles. The highest BCUT2D eigenvalue weighted by molar-refractivity contribution is 7.23. The average Bonchev–Trinajstić information content (AvgIpc) is 3.88. The van der Waals surface area contributed by atoms with E-state index in [1.807, 2.05) is 6.92 Å². The number of likely N-dealkylation sites (tertiary alicyclic amines) is 1. The number of hydrogen-bond donors (Lipinski definition) is 1. The van der Waals surface area contributed by atoms with Crippen molar-refractivity contribution in [2.75, 3.05) is 57.1 Å². The maximum Gasteiger partial charge on any atom is 0.319 e. The van der Waals surface area contributed by atoms with Gasteiger partial charge in [0.2, 0.25) is 5.91 Å². The molecule has 7 rings (SSSR count). The number of hydrogen-bond acceptors (Lipinski definition) is 11. The third kappa shape index (κ3) is 5.81. The van der Waals surface area contributed by atoms with E-state index in [9.17, 15) is 19.7 Å². The van der Waals surface area contributed by atoms with E-state index in [1.165, 1.54) is 12.1 Å². The Morgan fingerprint density at radius 1 is 1.25 bits per heavy atom. The number of nitrogens with two attached hydrogens (primary N) is 1. The zero-order chi connectivity index (χ0) is 36.0. The Labute approximate surface area is 298 Å². The molecule has 0 spiro atoms. The van der Waals surface area contributed by atoms with Crippen molar-refractivity contribution in [2.45, 2.75) is 56.4 Å². The summed E-state index contributed by atoms with van der Waals surface area (Å²) in [5.41, 5.74) is 7.49. The van der Waals surface area contributed by atoms with Crippen LogP contribution in [0.5, 0.6) is 6.01 Å². The zero-order valence-electron chi connectivity index (χ0n) is 28.5. The third-order valence-corrected chi connectivity index (χ3v) is 11.7. The first-order chi connectivity index (χ1) is 24.7. The fourth-order valence-corrected chi connectivity index (χ4v) is 9.36. The number of methoxy groups -OCH3 is 1. The molecule has 51 heavy (non-hydrogen) atoms. The molecule has 0 bridgehead atoms. The van der Waals surface area contributed by atoms with Crippen LogP contribution < -0.4 is 15.4 Å². The van der Waals surface area contributed by atoms with Crippen molar-refractivity contribution in [3.8, 4) is 29.3 Å². The number of anilines is 2. The fraction of sp³-hybridized carbons (Fsp3) is 0.432. The Morgan fingerprint density at radius 2 is 2.08 bits per heavy atom. The van der Waals surface area contributed by atoms with Crippen molar-refractivity contribution in [1.82, 2.24) is 19.8 Å². The standard InChI is InChI=1S/C37H38F2N8O3S/c1-4-31(48)47-12-9-29(30(47)19-49-3)46(5-2)35-25-13-21(16-40)24(23-7-8-27(39)33-32(23)26(17-41)34(42)51-33)14-28(25)43-36(44-35)50-20-37-10-6-11-45(37)18-22(38)15-37/h4,7-8,13-14,22,29-30H,1,5-6,9-12,15,18-20,42H2,2-3H3. The lowest BCUT2D eigenvalue weighted by molar-refractivity contribution is -0.127. The van der Waals surface area contributed by atoms with Crippen LogP contribution in [0.15, 0.2) is 36.9 Å². The van der Waals surface area contributed by atoms with Crippen LogP contribution in [0.25, 0.3) is 32.1 Å². The Morgan fingerprint density at radius 3 is 2.80 bits per heavy atom. The first-order valence-electron chi connectivity index (χ1n) is 17.0. The van der Waals surface area contributed by atoms with Crippen molar-refractivity contribution >= 4 is 49.1 Å². The number of carbonyl (C=O) groups excluding carboxylic acids is 1. The van der Waals surface area contributed by atoms with Crippen LogP contribution in [0.1, 0.15) is 43.7 Å². The van der Waals surface area contributed by atoms with Gasteiger partial charge in [0.25, 0.3) is 0 Å². The number of alkyl halides is 1. The highest BCUT2D eigenvalue weighted by Gasteiger charge is 2.49. The Bertz CT molecular complexity index is 2130. The molecule has 4 atom stereocenters. The first-order valence-corrected chi connectivity index (χ1v) is 17.9. The summed E-state index contributed by atoms with van der Waals surface area (Å²) in [6.45, 7) is 8.35. The molecular weight excluding hydrogens is 675 g/mol. The monoisotopic (exact) mass is 712 g/mol. The molecular formula is C37H38F2N8O3S. The van der Waals surface area contributed by atoms with E-state index in [0.29, 0.717) is 65.7 Å². The number of nitrogens with zero attached hydrogens (tertiary/aromatic N) is 7. The number of thiophene rings is 1. The van der Waals surface area contributed by atoms with Crippen LogP contribution >= 0.6 is 11.3 Å². The van der Waals surface area contributed by atoms with Gasteiger partial charge >= 0.3 is 6.01 Å². The number of halogens is 2. The molecule has 2 aromatic heterocycles. The number of benzene rings is 2. The van der Waals surface area contributed by atoms with Crippen molar-refractivity contribution in [3.05, 3.63) is 53.9 Å². The quantitative estimate of drug-likeness (QED) is 0.208. The minimum atomic E-state index is -0.928. The number of nitriles is 2. The summed E-state index contributed by atoms with van der Waals surface area (Å²) in [6.07, 6.45) is 3.15. The molecule has 4 unspecified atom stereocenters. The molecule has 14 heteroatoms. The van der Waals surface area contributed by atoms with Crippen LogP contribution in [0.4, 0.5) is 19.6 Å². The van der Waals surface area contributed by atoms with Gasteiger partial charge in [-0.2, -0.15) is 20.5 Å². The molecule has 0 saturated carbocycles. The van der Waals surface area contributed by atoms with Crippen molar-refractivity contribution in [3.63, 3.8) is 0 Å². The SMILES string of the molecule is C=CC(=O)N1CCC(N(CC)c2nc(OCC34CCCN3CC(F)C4)nc3cc(-c4ccc(F)c5sc(N)c(C#N)c45)c(C#N)cc23)C1COC. The van der Waals surface area contributed by atoms with Gasteiger partial charge in [-0.1, -0.05) is 12.6 Å². The summed E-state index contributed by atoms with van der Waals surface area (Å²) in [6, 6.07) is 10.3. The molecule has 4 aromatic rings. The smallest absolute Gasteiger partial charge is 0.319 e. The van der Waals surface area contributed by atoms with Crippen LogP contribution in [-0.2, 0) is 9.53 Å². The molecule has 1 amide bonds. The van der Waals surface area contributed by atoms with E-state index in [4.69, 9.17) is 25.2 Å².